The molecule has 5 nitrogen and oxygen atoms in total. The molecule has 0 spiro atoms. The zero-order chi connectivity index (χ0) is 16.6. The molecule has 0 saturated heterocycles. The minimum Gasteiger partial charge on any atom is -0.389 e. The van der Waals surface area contributed by atoms with E-state index >= 15 is 0 Å². The Balaban J connectivity index is 2.29. The normalized spacial score (nSPS) is 17.6. The molecule has 1 aromatic rings. The Bertz CT molecular complexity index is 719. The number of benzene rings is 1. The molecule has 1 aliphatic carbocycles. The second-order valence-corrected chi connectivity index (χ2v) is 6.99. The first-order valence-corrected chi connectivity index (χ1v) is 7.89. The Morgan fingerprint density at radius 2 is 2.00 bits per heavy atom. The molecule has 1 saturated carbocycles. The number of nitrogens with one attached hydrogen (secondary N) is 1. The highest BCUT2D eigenvalue weighted by Gasteiger charge is 2.37. The highest BCUT2D eigenvalue weighted by atomic mass is 32.2. The van der Waals surface area contributed by atoms with Crippen LogP contribution in [0.4, 0.5) is 13.2 Å². The molecular weight excluding hydrogens is 321 g/mol. The quantitative estimate of drug-likeness (QED) is 0.878. The van der Waals surface area contributed by atoms with E-state index < -0.39 is 37.8 Å². The summed E-state index contributed by atoms with van der Waals surface area (Å²) < 4.78 is 64.7. The molecule has 0 bridgehead atoms. The van der Waals surface area contributed by atoms with E-state index in [1.165, 1.54) is 6.07 Å². The molecule has 2 rings (SSSR count). The van der Waals surface area contributed by atoms with Gasteiger partial charge in [-0.05, 0) is 37.5 Å². The third kappa shape index (κ3) is 3.40. The first-order valence-electron chi connectivity index (χ1n) is 6.41. The minimum absolute atomic E-state index is 0.253. The molecular formula is C13H13F3N2O3S. The average Bonchev–Trinajstić information content (AvgIpc) is 2.41. The van der Waals surface area contributed by atoms with Gasteiger partial charge in [-0.2, -0.15) is 18.4 Å². The zero-order valence-electron chi connectivity index (χ0n) is 11.3. The summed E-state index contributed by atoms with van der Waals surface area (Å²) in [5.41, 5.74) is -3.09. The van der Waals surface area contributed by atoms with E-state index in [1.54, 1.807) is 0 Å². The van der Waals surface area contributed by atoms with Gasteiger partial charge in [0, 0.05) is 6.54 Å². The maximum Gasteiger partial charge on any atom is 0.417 e. The zero-order valence-corrected chi connectivity index (χ0v) is 12.1. The van der Waals surface area contributed by atoms with Gasteiger partial charge in [-0.1, -0.05) is 0 Å². The Hall–Kier alpha value is -1.63. The van der Waals surface area contributed by atoms with Gasteiger partial charge in [-0.15, -0.1) is 0 Å². The van der Waals surface area contributed by atoms with Gasteiger partial charge in [-0.25, -0.2) is 13.1 Å². The predicted octanol–water partition coefficient (Wildman–Crippen LogP) is 1.77. The topological polar surface area (TPSA) is 90.2 Å². The SMILES string of the molecule is N#Cc1ccc(S(=O)(=O)NCC2(O)CCC2)cc1C(F)(F)F. The molecule has 0 aromatic heterocycles. The number of hydrogen-bond acceptors (Lipinski definition) is 4. The smallest absolute Gasteiger partial charge is 0.389 e. The van der Waals surface area contributed by atoms with Gasteiger partial charge < -0.3 is 5.11 Å². The van der Waals surface area contributed by atoms with Crippen LogP contribution in [0.25, 0.3) is 0 Å². The highest BCUT2D eigenvalue weighted by Crippen LogP contribution is 2.34. The molecule has 0 radical (unpaired) electrons. The van der Waals surface area contributed by atoms with Crippen LogP contribution in [0, 0.1) is 11.3 Å². The molecule has 0 aliphatic heterocycles. The van der Waals surface area contributed by atoms with Crippen LogP contribution >= 0.6 is 0 Å². The molecule has 9 heteroatoms. The van der Waals surface area contributed by atoms with Crippen LogP contribution in [0.1, 0.15) is 30.4 Å². The summed E-state index contributed by atoms with van der Waals surface area (Å²) >= 11 is 0. The van der Waals surface area contributed by atoms with Crippen molar-refractivity contribution in [2.24, 2.45) is 0 Å². The molecule has 0 amide bonds. The molecule has 2 N–H and O–H groups in total. The van der Waals surface area contributed by atoms with E-state index in [0.717, 1.165) is 18.6 Å². The van der Waals surface area contributed by atoms with Crippen LogP contribution in [0.2, 0.25) is 0 Å². The number of hydrogen-bond donors (Lipinski definition) is 2. The second-order valence-electron chi connectivity index (χ2n) is 5.22. The largest absolute Gasteiger partial charge is 0.417 e. The third-order valence-corrected chi connectivity index (χ3v) is 5.00. The Morgan fingerprint density at radius 1 is 1.36 bits per heavy atom. The lowest BCUT2D eigenvalue weighted by molar-refractivity contribution is -0.137. The van der Waals surface area contributed by atoms with E-state index in [1.807, 2.05) is 0 Å². The van der Waals surface area contributed by atoms with E-state index in [0.29, 0.717) is 18.9 Å². The summed E-state index contributed by atoms with van der Waals surface area (Å²) in [4.78, 5) is -0.596. The monoisotopic (exact) mass is 334 g/mol. The van der Waals surface area contributed by atoms with Gasteiger partial charge in [0.1, 0.15) is 0 Å². The Morgan fingerprint density at radius 3 is 2.45 bits per heavy atom. The number of rotatable bonds is 4. The third-order valence-electron chi connectivity index (χ3n) is 3.60. The van der Waals surface area contributed by atoms with Gasteiger partial charge in [-0.3, -0.25) is 0 Å². The summed E-state index contributed by atoms with van der Waals surface area (Å²) in [7, 11) is -4.20. The summed E-state index contributed by atoms with van der Waals surface area (Å²) in [6, 6.07) is 3.55. The van der Waals surface area contributed by atoms with Crippen molar-refractivity contribution in [2.45, 2.75) is 35.9 Å². The molecule has 22 heavy (non-hydrogen) atoms. The van der Waals surface area contributed by atoms with Crippen LogP contribution < -0.4 is 4.72 Å². The lowest BCUT2D eigenvalue weighted by Crippen LogP contribution is -2.47. The maximum atomic E-state index is 12.8. The number of nitrogens with zero attached hydrogens (tertiary/aromatic N) is 1. The van der Waals surface area contributed by atoms with Crippen LogP contribution in [0.5, 0.6) is 0 Å². The summed E-state index contributed by atoms with van der Waals surface area (Å²) in [6.07, 6.45) is -3.18. The van der Waals surface area contributed by atoms with Crippen molar-refractivity contribution in [1.82, 2.24) is 4.72 Å². The van der Waals surface area contributed by atoms with Crippen molar-refractivity contribution in [2.75, 3.05) is 6.54 Å². The van der Waals surface area contributed by atoms with Crippen molar-refractivity contribution in [3.8, 4) is 6.07 Å². The summed E-state index contributed by atoms with van der Waals surface area (Å²) in [5.74, 6) is 0. The molecule has 0 unspecified atom stereocenters. The van der Waals surface area contributed by atoms with Crippen molar-refractivity contribution in [3.63, 3.8) is 0 Å². The lowest BCUT2D eigenvalue weighted by atomic mass is 9.81. The van der Waals surface area contributed by atoms with Crippen molar-refractivity contribution >= 4 is 10.0 Å². The standard InChI is InChI=1S/C13H13F3N2O3S/c14-13(15,16)11-6-10(3-2-9(11)7-17)22(20,21)18-8-12(19)4-1-5-12/h2-3,6,18-19H,1,4-5,8H2. The molecule has 1 aliphatic rings. The van der Waals surface area contributed by atoms with E-state index in [2.05, 4.69) is 4.72 Å². The van der Waals surface area contributed by atoms with Gasteiger partial charge in [0.05, 0.1) is 27.7 Å². The number of sulfonamides is 1. The second kappa shape index (κ2) is 5.53. The van der Waals surface area contributed by atoms with Crippen molar-refractivity contribution < 1.29 is 26.7 Å². The highest BCUT2D eigenvalue weighted by molar-refractivity contribution is 7.89. The average molecular weight is 334 g/mol. The molecule has 120 valence electrons. The van der Waals surface area contributed by atoms with E-state index in [9.17, 15) is 26.7 Å². The van der Waals surface area contributed by atoms with Crippen LogP contribution in [0.15, 0.2) is 23.1 Å². The lowest BCUT2D eigenvalue weighted by Gasteiger charge is -2.36. The predicted molar refractivity (Wildman–Crippen MR) is 70.1 cm³/mol. The fourth-order valence-corrected chi connectivity index (χ4v) is 3.24. The van der Waals surface area contributed by atoms with E-state index in [4.69, 9.17) is 5.26 Å². The molecule has 0 atom stereocenters. The fourth-order valence-electron chi connectivity index (χ4n) is 2.10. The number of halogens is 3. The maximum absolute atomic E-state index is 12.8. The fraction of sp³-hybridized carbons (Fsp3) is 0.462. The van der Waals surface area contributed by atoms with Crippen LogP contribution in [-0.2, 0) is 16.2 Å². The summed E-state index contributed by atoms with van der Waals surface area (Å²) in [6.45, 7) is -0.253. The summed E-state index contributed by atoms with van der Waals surface area (Å²) in [5, 5.41) is 18.5. The molecule has 1 fully saturated rings. The van der Waals surface area contributed by atoms with Crippen LogP contribution in [0.3, 0.4) is 0 Å². The first kappa shape index (κ1) is 16.7. The Labute approximate surface area is 125 Å². The van der Waals surface area contributed by atoms with Crippen molar-refractivity contribution in [3.05, 3.63) is 29.3 Å². The molecule has 1 aromatic carbocycles. The van der Waals surface area contributed by atoms with Gasteiger partial charge in [0.2, 0.25) is 10.0 Å². The number of nitriles is 1. The first-order chi connectivity index (χ1) is 10.1. The van der Waals surface area contributed by atoms with Crippen molar-refractivity contribution in [1.29, 1.82) is 5.26 Å². The van der Waals surface area contributed by atoms with Gasteiger partial charge in [0.25, 0.3) is 0 Å². The van der Waals surface area contributed by atoms with Gasteiger partial charge >= 0.3 is 6.18 Å². The van der Waals surface area contributed by atoms with E-state index in [-0.39, 0.29) is 6.54 Å². The number of aliphatic hydroxyl groups is 1. The molecule has 0 heterocycles. The Kier molecular flexibility index (Phi) is 4.21. The number of alkyl halides is 3. The van der Waals surface area contributed by atoms with Crippen LogP contribution in [-0.4, -0.2) is 25.7 Å². The minimum atomic E-state index is -4.83. The van der Waals surface area contributed by atoms with Gasteiger partial charge in [0.15, 0.2) is 0 Å².